The van der Waals surface area contributed by atoms with E-state index in [1.165, 1.54) is 12.8 Å². The molecule has 1 aromatic carbocycles. The Morgan fingerprint density at radius 3 is 2.47 bits per heavy atom. The quantitative estimate of drug-likeness (QED) is 0.840. The lowest BCUT2D eigenvalue weighted by atomic mass is 9.97. The Bertz CT molecular complexity index is 524. The Morgan fingerprint density at radius 1 is 1.05 bits per heavy atom. The van der Waals surface area contributed by atoms with Crippen LogP contribution in [0.4, 0.5) is 5.69 Å². The molecule has 0 saturated carbocycles. The predicted octanol–water partition coefficient (Wildman–Crippen LogP) is 4.26. The molecule has 0 bridgehead atoms. The van der Waals surface area contributed by atoms with Gasteiger partial charge in [-0.2, -0.15) is 0 Å². The number of aromatic nitrogens is 2. The molecule has 19 heavy (non-hydrogen) atoms. The van der Waals surface area contributed by atoms with Crippen LogP contribution in [0.3, 0.4) is 0 Å². The van der Waals surface area contributed by atoms with Crippen molar-refractivity contribution in [1.29, 1.82) is 0 Å². The van der Waals surface area contributed by atoms with Gasteiger partial charge >= 0.3 is 0 Å². The maximum absolute atomic E-state index is 4.35. The molecule has 0 saturated heterocycles. The highest BCUT2D eigenvalue weighted by molar-refractivity contribution is 5.78. The molecule has 2 rings (SSSR count). The van der Waals surface area contributed by atoms with Gasteiger partial charge in [0.2, 0.25) is 0 Å². The van der Waals surface area contributed by atoms with Gasteiger partial charge < -0.3 is 5.32 Å². The van der Waals surface area contributed by atoms with Crippen molar-refractivity contribution in [3.05, 3.63) is 30.6 Å². The second-order valence-electron chi connectivity index (χ2n) is 5.26. The first-order valence-corrected chi connectivity index (χ1v) is 7.20. The van der Waals surface area contributed by atoms with E-state index < -0.39 is 0 Å². The Morgan fingerprint density at radius 2 is 1.79 bits per heavy atom. The summed E-state index contributed by atoms with van der Waals surface area (Å²) < 4.78 is 0. The van der Waals surface area contributed by atoms with Crippen LogP contribution in [-0.2, 0) is 0 Å². The molecule has 0 spiro atoms. The van der Waals surface area contributed by atoms with Gasteiger partial charge in [-0.05, 0) is 37.0 Å². The zero-order chi connectivity index (χ0) is 13.7. The van der Waals surface area contributed by atoms with Gasteiger partial charge in [-0.1, -0.05) is 27.2 Å². The number of fused-ring (bicyclic) bond motifs is 1. The van der Waals surface area contributed by atoms with E-state index in [0.717, 1.165) is 29.1 Å². The van der Waals surface area contributed by atoms with Gasteiger partial charge in [-0.15, -0.1) is 0 Å². The molecule has 0 aliphatic carbocycles. The first kappa shape index (κ1) is 13.8. The van der Waals surface area contributed by atoms with Crippen molar-refractivity contribution < 1.29 is 0 Å². The molecule has 1 N–H and O–H groups in total. The lowest BCUT2D eigenvalue weighted by molar-refractivity contribution is 0.462. The van der Waals surface area contributed by atoms with E-state index in [4.69, 9.17) is 0 Å². The van der Waals surface area contributed by atoms with E-state index in [1.807, 2.05) is 6.07 Å². The number of benzene rings is 1. The molecule has 1 heterocycles. The summed E-state index contributed by atoms with van der Waals surface area (Å²) in [5.41, 5.74) is 3.04. The third-order valence-electron chi connectivity index (χ3n) is 3.72. The van der Waals surface area contributed by atoms with Crippen molar-refractivity contribution in [3.8, 4) is 0 Å². The van der Waals surface area contributed by atoms with Crippen LogP contribution < -0.4 is 5.32 Å². The van der Waals surface area contributed by atoms with Crippen LogP contribution in [0.15, 0.2) is 30.6 Å². The van der Waals surface area contributed by atoms with Crippen LogP contribution >= 0.6 is 0 Å². The summed E-state index contributed by atoms with van der Waals surface area (Å²) in [7, 11) is 0. The van der Waals surface area contributed by atoms with Gasteiger partial charge in [0, 0.05) is 24.1 Å². The Balaban J connectivity index is 2.10. The van der Waals surface area contributed by atoms with Gasteiger partial charge in [0.25, 0.3) is 0 Å². The Kier molecular flexibility index (Phi) is 4.72. The van der Waals surface area contributed by atoms with Crippen LogP contribution in [-0.4, -0.2) is 16.0 Å². The molecule has 2 aromatic rings. The van der Waals surface area contributed by atoms with Gasteiger partial charge in [-0.3, -0.25) is 9.97 Å². The van der Waals surface area contributed by atoms with Crippen LogP contribution in [0.2, 0.25) is 0 Å². The van der Waals surface area contributed by atoms with Gasteiger partial charge in [0.1, 0.15) is 0 Å². The minimum atomic E-state index is 0.532. The second kappa shape index (κ2) is 6.50. The molecule has 3 nitrogen and oxygen atoms in total. The first-order valence-electron chi connectivity index (χ1n) is 7.20. The second-order valence-corrected chi connectivity index (χ2v) is 5.26. The monoisotopic (exact) mass is 257 g/mol. The van der Waals surface area contributed by atoms with Crippen molar-refractivity contribution in [2.24, 2.45) is 5.92 Å². The van der Waals surface area contributed by atoms with Gasteiger partial charge in [0.15, 0.2) is 0 Å². The molecule has 0 amide bonds. The van der Waals surface area contributed by atoms with Crippen LogP contribution in [0.25, 0.3) is 11.0 Å². The summed E-state index contributed by atoms with van der Waals surface area (Å²) in [6.07, 6.45) is 7.06. The number of anilines is 1. The molecule has 3 heteroatoms. The average Bonchev–Trinajstić information content (AvgIpc) is 2.46. The fourth-order valence-electron chi connectivity index (χ4n) is 2.27. The molecule has 2 unspecified atom stereocenters. The van der Waals surface area contributed by atoms with Gasteiger partial charge in [-0.25, -0.2) is 0 Å². The standard InChI is InChI=1S/C16H23N3/c1-4-12(3)10-13(5-2)19-14-6-7-15-16(11-14)18-9-8-17-15/h6-9,11-13,19H,4-5,10H2,1-3H3. The van der Waals surface area contributed by atoms with Crippen LogP contribution in [0, 0.1) is 5.92 Å². The SMILES string of the molecule is CCC(C)CC(CC)Nc1ccc2nccnc2c1. The molecule has 2 atom stereocenters. The fraction of sp³-hybridized carbons (Fsp3) is 0.500. The zero-order valence-electron chi connectivity index (χ0n) is 12.1. The summed E-state index contributed by atoms with van der Waals surface area (Å²) >= 11 is 0. The molecule has 102 valence electrons. The molecule has 0 aliphatic rings. The maximum atomic E-state index is 4.35. The van der Waals surface area contributed by atoms with E-state index in [1.54, 1.807) is 12.4 Å². The van der Waals surface area contributed by atoms with Crippen molar-refractivity contribution in [3.63, 3.8) is 0 Å². The van der Waals surface area contributed by atoms with E-state index in [-0.39, 0.29) is 0 Å². The maximum Gasteiger partial charge on any atom is 0.0907 e. The van der Waals surface area contributed by atoms with Crippen LogP contribution in [0.5, 0.6) is 0 Å². The smallest absolute Gasteiger partial charge is 0.0907 e. The number of hydrogen-bond donors (Lipinski definition) is 1. The minimum Gasteiger partial charge on any atom is -0.382 e. The summed E-state index contributed by atoms with van der Waals surface area (Å²) in [4.78, 5) is 8.64. The van der Waals surface area contributed by atoms with E-state index >= 15 is 0 Å². The largest absolute Gasteiger partial charge is 0.382 e. The third kappa shape index (κ3) is 3.66. The summed E-state index contributed by atoms with van der Waals surface area (Å²) in [5.74, 6) is 0.762. The predicted molar refractivity (Wildman–Crippen MR) is 81.3 cm³/mol. The molecular weight excluding hydrogens is 234 g/mol. The fourth-order valence-corrected chi connectivity index (χ4v) is 2.27. The number of hydrogen-bond acceptors (Lipinski definition) is 3. The summed E-state index contributed by atoms with van der Waals surface area (Å²) in [5, 5.41) is 3.62. The topological polar surface area (TPSA) is 37.8 Å². The lowest BCUT2D eigenvalue weighted by Gasteiger charge is -2.21. The van der Waals surface area contributed by atoms with Crippen molar-refractivity contribution in [2.75, 3.05) is 5.32 Å². The van der Waals surface area contributed by atoms with E-state index in [9.17, 15) is 0 Å². The van der Waals surface area contributed by atoms with E-state index in [0.29, 0.717) is 6.04 Å². The van der Waals surface area contributed by atoms with Gasteiger partial charge in [0.05, 0.1) is 11.0 Å². The highest BCUT2D eigenvalue weighted by atomic mass is 14.9. The molecule has 1 aromatic heterocycles. The molecule has 0 radical (unpaired) electrons. The normalized spacial score (nSPS) is 14.3. The van der Waals surface area contributed by atoms with Crippen molar-refractivity contribution in [1.82, 2.24) is 9.97 Å². The highest BCUT2D eigenvalue weighted by Crippen LogP contribution is 2.20. The average molecular weight is 257 g/mol. The molecule has 0 aliphatic heterocycles. The van der Waals surface area contributed by atoms with Crippen LogP contribution in [0.1, 0.15) is 40.0 Å². The third-order valence-corrected chi connectivity index (χ3v) is 3.72. The summed E-state index contributed by atoms with van der Waals surface area (Å²) in [6.45, 7) is 6.81. The number of nitrogens with one attached hydrogen (secondary N) is 1. The Labute approximate surface area is 115 Å². The summed E-state index contributed by atoms with van der Waals surface area (Å²) in [6, 6.07) is 6.74. The Hall–Kier alpha value is -1.64. The van der Waals surface area contributed by atoms with Crippen molar-refractivity contribution >= 4 is 16.7 Å². The molecule has 0 fully saturated rings. The van der Waals surface area contributed by atoms with E-state index in [2.05, 4.69) is 48.2 Å². The minimum absolute atomic E-state index is 0.532. The van der Waals surface area contributed by atoms with Crippen molar-refractivity contribution in [2.45, 2.75) is 46.1 Å². The first-order chi connectivity index (χ1) is 9.22. The number of rotatable bonds is 6. The number of nitrogens with zero attached hydrogens (tertiary/aromatic N) is 2. The molecular formula is C16H23N3. The zero-order valence-corrected chi connectivity index (χ0v) is 12.1. The lowest BCUT2D eigenvalue weighted by Crippen LogP contribution is -2.21. The highest BCUT2D eigenvalue weighted by Gasteiger charge is 2.10.